The molecule has 2 rings (SSSR count). The van der Waals surface area contributed by atoms with Crippen LogP contribution < -0.4 is 10.6 Å². The normalized spacial score (nSPS) is 18.4. The number of hydrogen-bond donors (Lipinski definition) is 2. The highest BCUT2D eigenvalue weighted by Crippen LogP contribution is 2.30. The molecular formula is C19H30N2O4. The van der Waals surface area contributed by atoms with Crippen molar-refractivity contribution in [1.29, 1.82) is 0 Å². The lowest BCUT2D eigenvalue weighted by atomic mass is 9.93. The van der Waals surface area contributed by atoms with Gasteiger partial charge in [-0.1, -0.05) is 13.8 Å². The van der Waals surface area contributed by atoms with Crippen LogP contribution in [0.5, 0.6) is 0 Å². The molecule has 2 N–H and O–H groups in total. The minimum Gasteiger partial charge on any atom is -0.469 e. The summed E-state index contributed by atoms with van der Waals surface area (Å²) in [7, 11) is 0. The minimum atomic E-state index is -0.618. The van der Waals surface area contributed by atoms with E-state index in [0.717, 1.165) is 30.6 Å². The highest BCUT2D eigenvalue weighted by molar-refractivity contribution is 5.86. The van der Waals surface area contributed by atoms with Crippen LogP contribution in [0, 0.1) is 5.92 Å². The fourth-order valence-corrected chi connectivity index (χ4v) is 3.06. The van der Waals surface area contributed by atoms with Gasteiger partial charge in [-0.15, -0.1) is 0 Å². The van der Waals surface area contributed by atoms with Crippen LogP contribution in [0.4, 0.5) is 4.79 Å². The van der Waals surface area contributed by atoms with E-state index in [1.165, 1.54) is 0 Å². The first-order valence-corrected chi connectivity index (χ1v) is 9.02. The van der Waals surface area contributed by atoms with Crippen molar-refractivity contribution in [3.63, 3.8) is 0 Å². The number of nitrogens with one attached hydrogen (secondary N) is 2. The van der Waals surface area contributed by atoms with Crippen LogP contribution in [0.1, 0.15) is 71.2 Å². The Balaban J connectivity index is 2.02. The number of hydrogen-bond acceptors (Lipinski definition) is 4. The third-order valence-corrected chi connectivity index (χ3v) is 4.08. The Morgan fingerprint density at radius 3 is 2.72 bits per heavy atom. The average Bonchev–Trinajstić information content (AvgIpc) is 2.93. The van der Waals surface area contributed by atoms with Crippen LogP contribution in [-0.2, 0) is 16.0 Å². The summed E-state index contributed by atoms with van der Waals surface area (Å²) in [6.07, 6.45) is 4.40. The van der Waals surface area contributed by atoms with Gasteiger partial charge in [0.2, 0.25) is 5.91 Å². The monoisotopic (exact) mass is 350 g/mol. The largest absolute Gasteiger partial charge is 0.469 e. The van der Waals surface area contributed by atoms with Crippen LogP contribution in [-0.4, -0.2) is 23.6 Å². The highest BCUT2D eigenvalue weighted by Gasteiger charge is 2.29. The van der Waals surface area contributed by atoms with Crippen LogP contribution >= 0.6 is 0 Å². The first-order chi connectivity index (χ1) is 11.7. The molecule has 2 atom stereocenters. The zero-order chi connectivity index (χ0) is 18.6. The molecule has 2 unspecified atom stereocenters. The van der Waals surface area contributed by atoms with Crippen molar-refractivity contribution < 1.29 is 18.7 Å². The van der Waals surface area contributed by atoms with E-state index in [1.54, 1.807) is 27.0 Å². The smallest absolute Gasteiger partial charge is 0.408 e. The Bertz CT molecular complexity index is 601. The summed E-state index contributed by atoms with van der Waals surface area (Å²) < 4.78 is 10.8. The molecule has 6 nitrogen and oxygen atoms in total. The van der Waals surface area contributed by atoms with Crippen molar-refractivity contribution in [3.8, 4) is 0 Å². The van der Waals surface area contributed by atoms with Gasteiger partial charge in [0.05, 0.1) is 12.3 Å². The van der Waals surface area contributed by atoms with Crippen molar-refractivity contribution >= 4 is 12.0 Å². The maximum Gasteiger partial charge on any atom is 0.408 e. The van der Waals surface area contributed by atoms with Crippen molar-refractivity contribution in [2.45, 2.75) is 78.0 Å². The number of fused-ring (bicyclic) bond motifs is 1. The average molecular weight is 350 g/mol. The van der Waals surface area contributed by atoms with Crippen molar-refractivity contribution in [2.75, 3.05) is 0 Å². The van der Waals surface area contributed by atoms with E-state index in [1.807, 2.05) is 19.9 Å². The molecule has 0 saturated carbocycles. The van der Waals surface area contributed by atoms with Gasteiger partial charge in [-0.2, -0.15) is 0 Å². The molecule has 1 aliphatic rings. The van der Waals surface area contributed by atoms with Gasteiger partial charge in [-0.3, -0.25) is 4.79 Å². The van der Waals surface area contributed by atoms with Gasteiger partial charge >= 0.3 is 6.09 Å². The molecule has 1 aliphatic carbocycles. The first-order valence-electron chi connectivity index (χ1n) is 9.02. The SMILES string of the molecule is CC(C)CC(NC(=O)OC(C)(C)C)C(=O)NC1CCCc2occc21. The molecule has 0 spiro atoms. The van der Waals surface area contributed by atoms with Crippen molar-refractivity contribution in [2.24, 2.45) is 5.92 Å². The summed E-state index contributed by atoms with van der Waals surface area (Å²) in [4.78, 5) is 24.8. The van der Waals surface area contributed by atoms with E-state index in [4.69, 9.17) is 9.15 Å². The van der Waals surface area contributed by atoms with Gasteiger partial charge in [0, 0.05) is 12.0 Å². The summed E-state index contributed by atoms with van der Waals surface area (Å²) in [5.74, 6) is 1.03. The number of amides is 2. The van der Waals surface area contributed by atoms with Gasteiger partial charge in [-0.25, -0.2) is 4.79 Å². The Hall–Kier alpha value is -1.98. The summed E-state index contributed by atoms with van der Waals surface area (Å²) in [5.41, 5.74) is 0.443. The van der Waals surface area contributed by atoms with Gasteiger partial charge in [0.15, 0.2) is 0 Å². The van der Waals surface area contributed by atoms with Gasteiger partial charge in [0.25, 0.3) is 0 Å². The second kappa shape index (κ2) is 7.93. The van der Waals surface area contributed by atoms with E-state index in [-0.39, 0.29) is 17.9 Å². The Morgan fingerprint density at radius 2 is 2.08 bits per heavy atom. The van der Waals surface area contributed by atoms with E-state index in [2.05, 4.69) is 10.6 Å². The molecule has 25 heavy (non-hydrogen) atoms. The summed E-state index contributed by atoms with van der Waals surface area (Å²) in [5, 5.41) is 5.78. The second-order valence-electron chi connectivity index (χ2n) is 8.08. The molecule has 0 aliphatic heterocycles. The van der Waals surface area contributed by atoms with Crippen molar-refractivity contribution in [1.82, 2.24) is 10.6 Å². The fraction of sp³-hybridized carbons (Fsp3) is 0.684. The third kappa shape index (κ3) is 5.80. The molecule has 140 valence electrons. The van der Waals surface area contributed by atoms with E-state index in [9.17, 15) is 9.59 Å². The van der Waals surface area contributed by atoms with E-state index >= 15 is 0 Å². The third-order valence-electron chi connectivity index (χ3n) is 4.08. The first kappa shape index (κ1) is 19.3. The van der Waals surface area contributed by atoms with Crippen molar-refractivity contribution in [3.05, 3.63) is 23.7 Å². The summed E-state index contributed by atoms with van der Waals surface area (Å²) in [6.45, 7) is 9.43. The Morgan fingerprint density at radius 1 is 1.36 bits per heavy atom. The molecule has 0 bridgehead atoms. The quantitative estimate of drug-likeness (QED) is 0.848. The lowest BCUT2D eigenvalue weighted by Crippen LogP contribution is -2.49. The molecule has 1 aromatic rings. The number of aryl methyl sites for hydroxylation is 1. The maximum atomic E-state index is 12.8. The lowest BCUT2D eigenvalue weighted by molar-refractivity contribution is -0.124. The molecule has 0 radical (unpaired) electrons. The number of furan rings is 1. The summed E-state index contributed by atoms with van der Waals surface area (Å²) >= 11 is 0. The molecule has 0 fully saturated rings. The number of rotatable bonds is 5. The highest BCUT2D eigenvalue weighted by atomic mass is 16.6. The van der Waals surface area contributed by atoms with E-state index in [0.29, 0.717) is 6.42 Å². The number of carbonyl (C=O) groups is 2. The molecule has 2 amide bonds. The van der Waals surface area contributed by atoms with Gasteiger partial charge in [-0.05, 0) is 52.0 Å². The van der Waals surface area contributed by atoms with Gasteiger partial charge in [0.1, 0.15) is 17.4 Å². The molecule has 0 aromatic carbocycles. The maximum absolute atomic E-state index is 12.8. The Kier molecular flexibility index (Phi) is 6.14. The topological polar surface area (TPSA) is 80.6 Å². The standard InChI is InChI=1S/C19H30N2O4/c1-12(2)11-15(21-18(23)25-19(3,4)5)17(22)20-14-7-6-8-16-13(14)9-10-24-16/h9-10,12,14-15H,6-8,11H2,1-5H3,(H,20,22)(H,21,23). The van der Waals surface area contributed by atoms with Crippen LogP contribution in [0.3, 0.4) is 0 Å². The predicted molar refractivity (Wildman–Crippen MR) is 95.1 cm³/mol. The summed E-state index contributed by atoms with van der Waals surface area (Å²) in [6, 6.07) is 1.23. The zero-order valence-electron chi connectivity index (χ0n) is 15.8. The molecule has 0 saturated heterocycles. The molecular weight excluding hydrogens is 320 g/mol. The predicted octanol–water partition coefficient (Wildman–Crippen LogP) is 3.71. The van der Waals surface area contributed by atoms with Gasteiger partial charge < -0.3 is 19.8 Å². The van der Waals surface area contributed by atoms with Crippen LogP contribution in [0.2, 0.25) is 0 Å². The second-order valence-corrected chi connectivity index (χ2v) is 8.08. The molecule has 1 heterocycles. The fourth-order valence-electron chi connectivity index (χ4n) is 3.06. The molecule has 1 aromatic heterocycles. The van der Waals surface area contributed by atoms with Crippen LogP contribution in [0.15, 0.2) is 16.7 Å². The minimum absolute atomic E-state index is 0.0647. The molecule has 6 heteroatoms. The van der Waals surface area contributed by atoms with Crippen LogP contribution in [0.25, 0.3) is 0 Å². The Labute approximate surface area is 149 Å². The number of alkyl carbamates (subject to hydrolysis) is 1. The lowest BCUT2D eigenvalue weighted by Gasteiger charge is -2.27. The zero-order valence-corrected chi connectivity index (χ0v) is 15.8. The number of ether oxygens (including phenoxy) is 1. The number of carbonyl (C=O) groups excluding carboxylic acids is 2. The van der Waals surface area contributed by atoms with E-state index < -0.39 is 17.7 Å².